The van der Waals surface area contributed by atoms with Crippen LogP contribution in [0.25, 0.3) is 0 Å². The summed E-state index contributed by atoms with van der Waals surface area (Å²) < 4.78 is 0. The first-order chi connectivity index (χ1) is 8.66. The molecule has 0 saturated carbocycles. The van der Waals surface area contributed by atoms with Gasteiger partial charge in [0.2, 0.25) is 0 Å². The molecule has 0 aliphatic heterocycles. The van der Waals surface area contributed by atoms with Gasteiger partial charge in [-0.25, -0.2) is 0 Å². The normalized spacial score (nSPS) is 10.1. The van der Waals surface area contributed by atoms with Gasteiger partial charge < -0.3 is 5.32 Å². The molecule has 0 atom stereocenters. The zero-order valence-corrected chi connectivity index (χ0v) is 10.2. The van der Waals surface area contributed by atoms with Crippen LogP contribution in [0.5, 0.6) is 0 Å². The molecule has 0 heterocycles. The van der Waals surface area contributed by atoms with Gasteiger partial charge in [0.05, 0.1) is 4.92 Å². The van der Waals surface area contributed by atoms with Crippen LogP contribution in [0, 0.1) is 10.1 Å². The summed E-state index contributed by atoms with van der Waals surface area (Å²) in [6.07, 6.45) is 0. The minimum atomic E-state index is -0.402. The summed E-state index contributed by atoms with van der Waals surface area (Å²) in [5.74, 6) is 0. The van der Waals surface area contributed by atoms with Crippen molar-refractivity contribution in [3.63, 3.8) is 0 Å². The van der Waals surface area contributed by atoms with Crippen LogP contribution in [0.1, 0.15) is 5.56 Å². The number of benzene rings is 2. The van der Waals surface area contributed by atoms with Crippen molar-refractivity contribution in [2.75, 3.05) is 5.32 Å². The van der Waals surface area contributed by atoms with Crippen LogP contribution >= 0.6 is 11.6 Å². The van der Waals surface area contributed by atoms with E-state index in [9.17, 15) is 10.1 Å². The first kappa shape index (κ1) is 12.4. The van der Waals surface area contributed by atoms with Crippen molar-refractivity contribution in [3.8, 4) is 0 Å². The van der Waals surface area contributed by atoms with Gasteiger partial charge in [-0.3, -0.25) is 10.1 Å². The van der Waals surface area contributed by atoms with Gasteiger partial charge in [0.25, 0.3) is 5.69 Å². The highest BCUT2D eigenvalue weighted by atomic mass is 35.5. The summed E-state index contributed by atoms with van der Waals surface area (Å²) in [6, 6.07) is 13.9. The summed E-state index contributed by atoms with van der Waals surface area (Å²) in [5.41, 5.74) is 1.54. The second-order valence-corrected chi connectivity index (χ2v) is 4.19. The smallest absolute Gasteiger partial charge is 0.292 e. The molecule has 0 unspecified atom stereocenters. The second kappa shape index (κ2) is 5.51. The van der Waals surface area contributed by atoms with Gasteiger partial charge in [0, 0.05) is 17.6 Å². The topological polar surface area (TPSA) is 55.2 Å². The molecule has 5 heteroatoms. The average Bonchev–Trinajstić information content (AvgIpc) is 2.37. The minimum Gasteiger partial charge on any atom is -0.375 e. The number of nitrogens with one attached hydrogen (secondary N) is 1. The Bertz CT molecular complexity index is 572. The quantitative estimate of drug-likeness (QED) is 0.672. The molecule has 0 bridgehead atoms. The number of nitro benzene ring substituents is 1. The molecule has 0 aromatic heterocycles. The van der Waals surface area contributed by atoms with E-state index in [4.69, 9.17) is 11.6 Å². The highest BCUT2D eigenvalue weighted by Crippen LogP contribution is 2.24. The van der Waals surface area contributed by atoms with Crippen molar-refractivity contribution in [1.29, 1.82) is 0 Å². The van der Waals surface area contributed by atoms with E-state index in [0.29, 0.717) is 17.3 Å². The third-order valence-electron chi connectivity index (χ3n) is 2.47. The van der Waals surface area contributed by atoms with Crippen molar-refractivity contribution in [2.24, 2.45) is 0 Å². The fourth-order valence-corrected chi connectivity index (χ4v) is 1.84. The molecule has 0 amide bonds. The van der Waals surface area contributed by atoms with Gasteiger partial charge >= 0.3 is 0 Å². The second-order valence-electron chi connectivity index (χ2n) is 3.76. The Morgan fingerprint density at radius 3 is 2.67 bits per heavy atom. The first-order valence-corrected chi connectivity index (χ1v) is 5.76. The maximum absolute atomic E-state index is 10.8. The summed E-state index contributed by atoms with van der Waals surface area (Å²) >= 11 is 5.87. The fourth-order valence-electron chi connectivity index (χ4n) is 1.63. The predicted molar refractivity (Wildman–Crippen MR) is 71.9 cm³/mol. The van der Waals surface area contributed by atoms with E-state index in [2.05, 4.69) is 5.32 Å². The van der Waals surface area contributed by atoms with Crippen molar-refractivity contribution in [2.45, 2.75) is 6.54 Å². The number of rotatable bonds is 4. The van der Waals surface area contributed by atoms with Crippen molar-refractivity contribution < 1.29 is 4.92 Å². The Morgan fingerprint density at radius 2 is 1.94 bits per heavy atom. The molecular weight excluding hydrogens is 252 g/mol. The third-order valence-corrected chi connectivity index (χ3v) is 2.71. The predicted octanol–water partition coefficient (Wildman–Crippen LogP) is 3.86. The van der Waals surface area contributed by atoms with Crippen LogP contribution in [0.4, 0.5) is 11.4 Å². The number of hydrogen-bond donors (Lipinski definition) is 1. The van der Waals surface area contributed by atoms with Gasteiger partial charge in [0.15, 0.2) is 0 Å². The SMILES string of the molecule is O=[N+]([O-])c1ccccc1NCc1cccc(Cl)c1. The van der Waals surface area contributed by atoms with Gasteiger partial charge in [0.1, 0.15) is 5.69 Å². The fraction of sp³-hybridized carbons (Fsp3) is 0.0769. The Hall–Kier alpha value is -2.07. The largest absolute Gasteiger partial charge is 0.375 e. The maximum atomic E-state index is 10.8. The van der Waals surface area contributed by atoms with Crippen molar-refractivity contribution in [1.82, 2.24) is 0 Å². The average molecular weight is 263 g/mol. The van der Waals surface area contributed by atoms with E-state index in [0.717, 1.165) is 5.56 Å². The molecule has 2 aromatic rings. The highest BCUT2D eigenvalue weighted by molar-refractivity contribution is 6.30. The lowest BCUT2D eigenvalue weighted by Crippen LogP contribution is -2.02. The van der Waals surface area contributed by atoms with Crippen LogP contribution in [0.2, 0.25) is 5.02 Å². The molecule has 2 rings (SSSR count). The lowest BCUT2D eigenvalue weighted by atomic mass is 10.2. The molecule has 0 fully saturated rings. The van der Waals surface area contributed by atoms with E-state index in [-0.39, 0.29) is 5.69 Å². The van der Waals surface area contributed by atoms with E-state index < -0.39 is 4.92 Å². The molecule has 18 heavy (non-hydrogen) atoms. The van der Waals surface area contributed by atoms with Crippen molar-refractivity contribution in [3.05, 3.63) is 69.2 Å². The molecular formula is C13H11ClN2O2. The Kier molecular flexibility index (Phi) is 3.79. The van der Waals surface area contributed by atoms with Crippen LogP contribution in [-0.4, -0.2) is 4.92 Å². The molecule has 0 aliphatic carbocycles. The first-order valence-electron chi connectivity index (χ1n) is 5.38. The van der Waals surface area contributed by atoms with E-state index in [1.807, 2.05) is 18.2 Å². The number of hydrogen-bond acceptors (Lipinski definition) is 3. The van der Waals surface area contributed by atoms with Crippen LogP contribution < -0.4 is 5.32 Å². The van der Waals surface area contributed by atoms with Crippen LogP contribution in [-0.2, 0) is 6.54 Å². The molecule has 2 aromatic carbocycles. The monoisotopic (exact) mass is 262 g/mol. The zero-order chi connectivity index (χ0) is 13.0. The number of para-hydroxylation sites is 2. The summed E-state index contributed by atoms with van der Waals surface area (Å²) in [7, 11) is 0. The van der Waals surface area contributed by atoms with Crippen LogP contribution in [0.3, 0.4) is 0 Å². The summed E-state index contributed by atoms with van der Waals surface area (Å²) in [5, 5.41) is 14.5. The highest BCUT2D eigenvalue weighted by Gasteiger charge is 2.11. The molecule has 0 saturated heterocycles. The molecule has 0 radical (unpaired) electrons. The number of halogens is 1. The number of nitrogens with zero attached hydrogens (tertiary/aromatic N) is 1. The number of anilines is 1. The van der Waals surface area contributed by atoms with Crippen molar-refractivity contribution >= 4 is 23.0 Å². The van der Waals surface area contributed by atoms with Gasteiger partial charge in [-0.15, -0.1) is 0 Å². The van der Waals surface area contributed by atoms with E-state index in [1.165, 1.54) is 6.07 Å². The van der Waals surface area contributed by atoms with Crippen LogP contribution in [0.15, 0.2) is 48.5 Å². The molecule has 4 nitrogen and oxygen atoms in total. The Labute approximate surface area is 109 Å². The molecule has 0 aliphatic rings. The summed E-state index contributed by atoms with van der Waals surface area (Å²) in [6.45, 7) is 0.491. The molecule has 0 spiro atoms. The zero-order valence-electron chi connectivity index (χ0n) is 9.47. The summed E-state index contributed by atoms with van der Waals surface area (Å²) in [4.78, 5) is 10.4. The molecule has 1 N–H and O–H groups in total. The maximum Gasteiger partial charge on any atom is 0.292 e. The minimum absolute atomic E-state index is 0.0690. The Morgan fingerprint density at radius 1 is 1.17 bits per heavy atom. The lowest BCUT2D eigenvalue weighted by molar-refractivity contribution is -0.384. The van der Waals surface area contributed by atoms with Gasteiger partial charge in [-0.05, 0) is 23.8 Å². The lowest BCUT2D eigenvalue weighted by Gasteiger charge is -2.07. The number of nitro groups is 1. The van der Waals surface area contributed by atoms with Gasteiger partial charge in [-0.2, -0.15) is 0 Å². The molecule has 92 valence electrons. The Balaban J connectivity index is 2.13. The van der Waals surface area contributed by atoms with E-state index >= 15 is 0 Å². The standard InChI is InChI=1S/C13H11ClN2O2/c14-11-5-3-4-10(8-11)9-15-12-6-1-2-7-13(12)16(17)18/h1-8,15H,9H2. The third kappa shape index (κ3) is 2.99. The van der Waals surface area contributed by atoms with Gasteiger partial charge in [-0.1, -0.05) is 35.9 Å². The van der Waals surface area contributed by atoms with E-state index in [1.54, 1.807) is 24.3 Å².